The third-order valence-electron chi connectivity index (χ3n) is 12.2. The average molecular weight is 936 g/mol. The van der Waals surface area contributed by atoms with Crippen molar-refractivity contribution in [2.75, 3.05) is 0 Å². The minimum atomic E-state index is -1.55. The van der Waals surface area contributed by atoms with Crippen LogP contribution < -0.4 is 42.5 Å². The Morgan fingerprint density at radius 2 is 0.581 bits per heavy atom. The van der Waals surface area contributed by atoms with Crippen LogP contribution in [0.2, 0.25) is 0 Å². The SMILES string of the molecule is O=C(N[C@H]1C2c3ccccc3C(c3ccccc32)[C@@H]1NC(=O)c1ccccc1[PH+](c1ccccc1)c1ccccc1)c1ccccc1[PH+](c1ccccc1)c1ccccc1.[CH3-].[Pd]. The molecule has 0 unspecified atom stereocenters. The van der Waals surface area contributed by atoms with Crippen molar-refractivity contribution in [3.63, 3.8) is 0 Å². The zero-order valence-electron chi connectivity index (χ0n) is 34.2. The number of hydrogen-bond donors (Lipinski definition) is 2. The molecule has 11 rings (SSSR count). The van der Waals surface area contributed by atoms with Crippen LogP contribution in [0.1, 0.15) is 54.8 Å². The van der Waals surface area contributed by atoms with Crippen LogP contribution in [-0.4, -0.2) is 23.9 Å². The predicted octanol–water partition coefficient (Wildman–Crippen LogP) is 8.30. The van der Waals surface area contributed by atoms with Crippen molar-refractivity contribution in [1.29, 1.82) is 0 Å². The monoisotopic (exact) mass is 935 g/mol. The van der Waals surface area contributed by atoms with E-state index in [1.165, 1.54) is 43.5 Å². The summed E-state index contributed by atoms with van der Waals surface area (Å²) >= 11 is 0. The molecule has 3 aliphatic rings. The van der Waals surface area contributed by atoms with Crippen LogP contribution >= 0.6 is 15.8 Å². The minimum Gasteiger partial charge on any atom is -0.358 e. The molecule has 0 aromatic heterocycles. The summed E-state index contributed by atoms with van der Waals surface area (Å²) in [7, 11) is -3.10. The van der Waals surface area contributed by atoms with Crippen molar-refractivity contribution in [1.82, 2.24) is 10.6 Å². The van der Waals surface area contributed by atoms with E-state index in [1.54, 1.807) is 0 Å². The molecule has 7 heteroatoms. The van der Waals surface area contributed by atoms with Gasteiger partial charge in [-0.3, -0.25) is 9.59 Å². The van der Waals surface area contributed by atoms with E-state index in [-0.39, 0.29) is 51.5 Å². The topological polar surface area (TPSA) is 58.2 Å². The molecule has 0 aliphatic heterocycles. The van der Waals surface area contributed by atoms with Gasteiger partial charge in [-0.05, 0) is 95.1 Å². The normalized spacial score (nSPS) is 16.9. The summed E-state index contributed by atoms with van der Waals surface area (Å²) in [4.78, 5) is 30.3. The van der Waals surface area contributed by atoms with Crippen molar-refractivity contribution >= 4 is 59.5 Å². The Bertz CT molecular complexity index is 2490. The molecule has 0 heterocycles. The molecule has 62 heavy (non-hydrogen) atoms. The zero-order valence-corrected chi connectivity index (χ0v) is 37.8. The Labute approximate surface area is 381 Å². The smallest absolute Gasteiger partial charge is 0.255 e. The van der Waals surface area contributed by atoms with Crippen molar-refractivity contribution < 1.29 is 30.0 Å². The number of nitrogens with one attached hydrogen (secondary N) is 2. The standard InChI is InChI=1S/C54H42N2O2P2.CH3.Pd/c57-53(45-33-17-19-35-47(45)59(37-21-5-1-6-22-37)38-23-7-2-8-24-38)55-51-49-41-29-13-15-31-43(41)50(44-32-16-14-30-42(44)49)52(51)56-54(58)46-34-18-20-36-48(46)60(39-25-9-3-10-26-39)40-27-11-4-12-28-40;;/h1-36,49-52H,(H,55,57)(H,56,58);1H3;/q;-1;/p+2/t49?,50?,51-,52-;;/m0../s1. The number of carbonyl (C=O) groups excluding carboxylic acids is 2. The summed E-state index contributed by atoms with van der Waals surface area (Å²) in [5.74, 6) is -0.600. The van der Waals surface area contributed by atoms with Crippen LogP contribution in [0.25, 0.3) is 0 Å². The number of rotatable bonds is 10. The molecule has 2 N–H and O–H groups in total. The second kappa shape index (κ2) is 19.1. The van der Waals surface area contributed by atoms with E-state index in [9.17, 15) is 0 Å². The largest absolute Gasteiger partial charge is 0.358 e. The minimum absolute atomic E-state index is 0. The predicted molar refractivity (Wildman–Crippen MR) is 259 cm³/mol. The van der Waals surface area contributed by atoms with Crippen LogP contribution in [0.15, 0.2) is 218 Å². The summed E-state index contributed by atoms with van der Waals surface area (Å²) in [6.45, 7) is 0. The van der Waals surface area contributed by atoms with E-state index in [2.05, 4.69) is 168 Å². The Kier molecular flexibility index (Phi) is 13.2. The van der Waals surface area contributed by atoms with Gasteiger partial charge < -0.3 is 18.1 Å². The van der Waals surface area contributed by atoms with Gasteiger partial charge in [-0.2, -0.15) is 0 Å². The van der Waals surface area contributed by atoms with Gasteiger partial charge in [0.2, 0.25) is 0 Å². The number of carbonyl (C=O) groups is 2. The second-order valence-corrected chi connectivity index (χ2v) is 20.4. The van der Waals surface area contributed by atoms with E-state index in [1.807, 2.05) is 60.7 Å². The van der Waals surface area contributed by atoms with E-state index < -0.39 is 27.9 Å². The van der Waals surface area contributed by atoms with E-state index in [0.29, 0.717) is 11.1 Å². The Hall–Kier alpha value is -5.78. The van der Waals surface area contributed by atoms with Crippen LogP contribution in [0.3, 0.4) is 0 Å². The molecule has 2 amide bonds. The summed E-state index contributed by atoms with van der Waals surface area (Å²) in [5, 5.41) is 14.1. The second-order valence-electron chi connectivity index (χ2n) is 15.5. The number of fused-ring (bicyclic) bond motifs is 1. The first-order valence-corrected chi connectivity index (χ1v) is 23.6. The van der Waals surface area contributed by atoms with Crippen molar-refractivity contribution in [3.8, 4) is 0 Å². The molecule has 0 spiro atoms. The zero-order chi connectivity index (χ0) is 40.4. The quantitative estimate of drug-likeness (QED) is 0.0825. The molecule has 8 aromatic rings. The van der Waals surface area contributed by atoms with Gasteiger partial charge in [-0.1, -0.05) is 146 Å². The van der Waals surface area contributed by atoms with Crippen molar-refractivity contribution in [2.24, 2.45) is 0 Å². The summed E-state index contributed by atoms with van der Waals surface area (Å²) in [6, 6.07) is 74.7. The Morgan fingerprint density at radius 3 is 0.871 bits per heavy atom. The van der Waals surface area contributed by atoms with Gasteiger partial charge in [0, 0.05) is 32.3 Å². The fraction of sp³-hybridized carbons (Fsp3) is 0.0727. The molecular formula is C55H47N2O2P2Pd+. The first-order chi connectivity index (χ1) is 29.7. The molecule has 4 nitrogen and oxygen atoms in total. The van der Waals surface area contributed by atoms with Crippen LogP contribution in [0.5, 0.6) is 0 Å². The number of hydrogen-bond acceptors (Lipinski definition) is 2. The molecule has 0 fully saturated rings. The van der Waals surface area contributed by atoms with Crippen molar-refractivity contribution in [2.45, 2.75) is 23.9 Å². The number of amides is 2. The Morgan fingerprint density at radius 1 is 0.339 bits per heavy atom. The van der Waals surface area contributed by atoms with Gasteiger partial charge in [0.25, 0.3) is 11.8 Å². The van der Waals surface area contributed by atoms with E-state index >= 15 is 9.59 Å². The van der Waals surface area contributed by atoms with Gasteiger partial charge in [-0.25, -0.2) is 0 Å². The third kappa shape index (κ3) is 8.04. The molecule has 3 aliphatic carbocycles. The summed E-state index contributed by atoms with van der Waals surface area (Å²) in [6.07, 6.45) is 0. The first-order valence-electron chi connectivity index (χ1n) is 20.6. The van der Waals surface area contributed by atoms with E-state index in [4.69, 9.17) is 0 Å². The van der Waals surface area contributed by atoms with Gasteiger partial charge in [-0.15, -0.1) is 0 Å². The van der Waals surface area contributed by atoms with Gasteiger partial charge in [0.1, 0.15) is 31.8 Å². The molecule has 308 valence electrons. The Balaban J connectivity index is 0.00000264. The van der Waals surface area contributed by atoms with Crippen LogP contribution in [0, 0.1) is 7.43 Å². The van der Waals surface area contributed by atoms with Crippen molar-refractivity contribution in [3.05, 3.63) is 259 Å². The molecular weight excluding hydrogens is 889 g/mol. The van der Waals surface area contributed by atoms with Gasteiger partial charge in [0.05, 0.1) is 39.1 Å². The first kappa shape index (κ1) is 42.9. The third-order valence-corrected chi connectivity index (χ3v) is 17.8. The molecule has 2 bridgehead atoms. The fourth-order valence-electron chi connectivity index (χ4n) is 9.66. The maximum atomic E-state index is 15.2. The number of benzene rings is 8. The van der Waals surface area contributed by atoms with Gasteiger partial charge >= 0.3 is 0 Å². The molecule has 2 atom stereocenters. The van der Waals surface area contributed by atoms with E-state index in [0.717, 1.165) is 10.6 Å². The molecule has 0 saturated heterocycles. The summed E-state index contributed by atoms with van der Waals surface area (Å²) in [5.41, 5.74) is 6.11. The molecule has 0 radical (unpaired) electrons. The fourth-order valence-corrected chi connectivity index (χ4v) is 15.1. The molecule has 8 aromatic carbocycles. The van der Waals surface area contributed by atoms with Crippen LogP contribution in [0.4, 0.5) is 0 Å². The van der Waals surface area contributed by atoms with Gasteiger partial charge in [0.15, 0.2) is 0 Å². The average Bonchev–Trinajstić information content (AvgIpc) is 3.31. The maximum absolute atomic E-state index is 15.2. The molecule has 0 saturated carbocycles. The summed E-state index contributed by atoms with van der Waals surface area (Å²) < 4.78 is 0. The maximum Gasteiger partial charge on any atom is 0.255 e. The van der Waals surface area contributed by atoms with Crippen LogP contribution in [-0.2, 0) is 20.4 Å².